The third kappa shape index (κ3) is 3.75. The van der Waals surface area contributed by atoms with E-state index in [2.05, 4.69) is 10.3 Å². The Morgan fingerprint density at radius 2 is 2.25 bits per heavy atom. The van der Waals surface area contributed by atoms with Crippen LogP contribution in [-0.4, -0.2) is 47.5 Å². The highest BCUT2D eigenvalue weighted by atomic mass is 16.5. The van der Waals surface area contributed by atoms with Gasteiger partial charge in [-0.15, -0.1) is 0 Å². The lowest BCUT2D eigenvalue weighted by Gasteiger charge is -2.30. The van der Waals surface area contributed by atoms with Crippen LogP contribution in [0.25, 0.3) is 0 Å². The molecule has 0 aromatic carbocycles. The van der Waals surface area contributed by atoms with E-state index in [1.165, 1.54) is 0 Å². The Labute approximate surface area is 142 Å². The molecule has 0 bridgehead atoms. The van der Waals surface area contributed by atoms with Crippen molar-refractivity contribution in [2.24, 2.45) is 5.92 Å². The van der Waals surface area contributed by atoms with Gasteiger partial charge in [0.25, 0.3) is 0 Å². The molecule has 1 N–H and O–H groups in total. The highest BCUT2D eigenvalue weighted by molar-refractivity contribution is 5.89. The SMILES string of the molecule is COCC1(NC(=O)[C@@H]2CC(=O)N(Cc3cccnc3)C2)CCCC1. The number of nitrogens with zero attached hydrogens (tertiary/aromatic N) is 2. The van der Waals surface area contributed by atoms with Crippen LogP contribution in [0.1, 0.15) is 37.7 Å². The Balaban J connectivity index is 1.59. The number of pyridine rings is 1. The fraction of sp³-hybridized carbons (Fsp3) is 0.611. The third-order valence-electron chi connectivity index (χ3n) is 5.05. The molecule has 1 aromatic heterocycles. The lowest BCUT2D eigenvalue weighted by molar-refractivity contribution is -0.130. The summed E-state index contributed by atoms with van der Waals surface area (Å²) in [6.07, 6.45) is 7.88. The lowest BCUT2D eigenvalue weighted by atomic mass is 9.96. The van der Waals surface area contributed by atoms with Gasteiger partial charge in [0, 0.05) is 39.0 Å². The van der Waals surface area contributed by atoms with Crippen molar-refractivity contribution in [2.45, 2.75) is 44.2 Å². The predicted molar refractivity (Wildman–Crippen MR) is 89.0 cm³/mol. The first-order valence-electron chi connectivity index (χ1n) is 8.59. The highest BCUT2D eigenvalue weighted by Crippen LogP contribution is 2.31. The van der Waals surface area contributed by atoms with Crippen LogP contribution < -0.4 is 5.32 Å². The van der Waals surface area contributed by atoms with Gasteiger partial charge in [0.05, 0.1) is 18.1 Å². The van der Waals surface area contributed by atoms with Gasteiger partial charge in [-0.25, -0.2) is 0 Å². The smallest absolute Gasteiger partial charge is 0.225 e. The second-order valence-electron chi connectivity index (χ2n) is 6.95. The molecule has 2 aliphatic rings. The quantitative estimate of drug-likeness (QED) is 0.858. The number of nitrogens with one attached hydrogen (secondary N) is 1. The highest BCUT2D eigenvalue weighted by Gasteiger charge is 2.40. The second kappa shape index (κ2) is 7.30. The first-order valence-corrected chi connectivity index (χ1v) is 8.59. The second-order valence-corrected chi connectivity index (χ2v) is 6.95. The van der Waals surface area contributed by atoms with E-state index in [-0.39, 0.29) is 29.7 Å². The van der Waals surface area contributed by atoms with E-state index in [0.717, 1.165) is 31.2 Å². The van der Waals surface area contributed by atoms with Crippen LogP contribution in [-0.2, 0) is 20.9 Å². The maximum atomic E-state index is 12.7. The number of likely N-dealkylation sites (tertiary alicyclic amines) is 1. The average Bonchev–Trinajstić information content (AvgIpc) is 3.17. The van der Waals surface area contributed by atoms with Crippen molar-refractivity contribution in [1.82, 2.24) is 15.2 Å². The Bertz CT molecular complexity index is 584. The van der Waals surface area contributed by atoms with E-state index in [0.29, 0.717) is 19.7 Å². The zero-order valence-corrected chi connectivity index (χ0v) is 14.2. The van der Waals surface area contributed by atoms with Crippen molar-refractivity contribution >= 4 is 11.8 Å². The summed E-state index contributed by atoms with van der Waals surface area (Å²) < 4.78 is 5.31. The summed E-state index contributed by atoms with van der Waals surface area (Å²) in [4.78, 5) is 30.7. The van der Waals surface area contributed by atoms with Gasteiger partial charge in [-0.3, -0.25) is 14.6 Å². The molecule has 2 amide bonds. The van der Waals surface area contributed by atoms with Crippen LogP contribution in [0.2, 0.25) is 0 Å². The monoisotopic (exact) mass is 331 g/mol. The van der Waals surface area contributed by atoms with E-state index in [4.69, 9.17) is 4.74 Å². The summed E-state index contributed by atoms with van der Waals surface area (Å²) in [5.74, 6) is -0.259. The number of rotatable bonds is 6. The molecule has 1 aliphatic carbocycles. The molecule has 24 heavy (non-hydrogen) atoms. The van der Waals surface area contributed by atoms with Gasteiger partial charge >= 0.3 is 0 Å². The van der Waals surface area contributed by atoms with Crippen molar-refractivity contribution in [3.63, 3.8) is 0 Å². The molecular weight excluding hydrogens is 306 g/mol. The zero-order valence-electron chi connectivity index (χ0n) is 14.2. The minimum Gasteiger partial charge on any atom is -0.382 e. The van der Waals surface area contributed by atoms with Crippen molar-refractivity contribution in [1.29, 1.82) is 0 Å². The lowest BCUT2D eigenvalue weighted by Crippen LogP contribution is -2.51. The van der Waals surface area contributed by atoms with E-state index in [9.17, 15) is 9.59 Å². The van der Waals surface area contributed by atoms with Crippen LogP contribution >= 0.6 is 0 Å². The molecule has 1 saturated heterocycles. The van der Waals surface area contributed by atoms with Gasteiger partial charge < -0.3 is 15.0 Å². The van der Waals surface area contributed by atoms with E-state index >= 15 is 0 Å². The largest absolute Gasteiger partial charge is 0.382 e. The molecule has 130 valence electrons. The van der Waals surface area contributed by atoms with Crippen molar-refractivity contribution in [3.8, 4) is 0 Å². The van der Waals surface area contributed by atoms with E-state index in [1.54, 1.807) is 24.4 Å². The Morgan fingerprint density at radius 1 is 1.46 bits per heavy atom. The molecule has 1 atom stereocenters. The molecule has 1 saturated carbocycles. The molecule has 1 aliphatic heterocycles. The first-order chi connectivity index (χ1) is 11.6. The maximum absolute atomic E-state index is 12.7. The number of carbonyl (C=O) groups is 2. The van der Waals surface area contributed by atoms with Crippen LogP contribution in [0, 0.1) is 5.92 Å². The van der Waals surface area contributed by atoms with Gasteiger partial charge in [0.1, 0.15) is 0 Å². The number of amides is 2. The molecule has 2 fully saturated rings. The molecule has 6 heteroatoms. The Morgan fingerprint density at radius 3 is 2.92 bits per heavy atom. The molecule has 1 aromatic rings. The normalized spacial score (nSPS) is 22.8. The Hall–Kier alpha value is -1.95. The summed E-state index contributed by atoms with van der Waals surface area (Å²) in [6, 6.07) is 3.80. The minimum absolute atomic E-state index is 0.0176. The van der Waals surface area contributed by atoms with Gasteiger partial charge in [0.15, 0.2) is 0 Å². The summed E-state index contributed by atoms with van der Waals surface area (Å²) in [7, 11) is 1.67. The summed E-state index contributed by atoms with van der Waals surface area (Å²) in [5.41, 5.74) is 0.740. The fourth-order valence-corrected chi connectivity index (χ4v) is 3.81. The van der Waals surface area contributed by atoms with Crippen LogP contribution in [0.15, 0.2) is 24.5 Å². The number of carbonyl (C=O) groups excluding carboxylic acids is 2. The van der Waals surface area contributed by atoms with Gasteiger partial charge in [-0.2, -0.15) is 0 Å². The number of hydrogen-bond acceptors (Lipinski definition) is 4. The molecule has 3 rings (SSSR count). The summed E-state index contributed by atoms with van der Waals surface area (Å²) in [6.45, 7) is 1.53. The number of aromatic nitrogens is 1. The molecule has 0 unspecified atom stereocenters. The Kier molecular flexibility index (Phi) is 5.14. The third-order valence-corrected chi connectivity index (χ3v) is 5.05. The molecule has 0 radical (unpaired) electrons. The van der Waals surface area contributed by atoms with Crippen LogP contribution in [0.4, 0.5) is 0 Å². The predicted octanol–water partition coefficient (Wildman–Crippen LogP) is 1.51. The first kappa shape index (κ1) is 16.9. The average molecular weight is 331 g/mol. The fourth-order valence-electron chi connectivity index (χ4n) is 3.81. The van der Waals surface area contributed by atoms with Gasteiger partial charge in [-0.05, 0) is 24.5 Å². The van der Waals surface area contributed by atoms with Gasteiger partial charge in [0.2, 0.25) is 11.8 Å². The van der Waals surface area contributed by atoms with Gasteiger partial charge in [-0.1, -0.05) is 18.9 Å². The van der Waals surface area contributed by atoms with Crippen molar-refractivity contribution in [2.75, 3.05) is 20.3 Å². The summed E-state index contributed by atoms with van der Waals surface area (Å²) in [5, 5.41) is 3.19. The van der Waals surface area contributed by atoms with E-state index in [1.807, 2.05) is 12.1 Å². The van der Waals surface area contributed by atoms with Crippen molar-refractivity contribution < 1.29 is 14.3 Å². The van der Waals surface area contributed by atoms with E-state index < -0.39 is 0 Å². The molecule has 6 nitrogen and oxygen atoms in total. The minimum atomic E-state index is -0.275. The van der Waals surface area contributed by atoms with Crippen LogP contribution in [0.3, 0.4) is 0 Å². The number of methoxy groups -OCH3 is 1. The molecule has 0 spiro atoms. The molecule has 2 heterocycles. The zero-order chi connectivity index (χ0) is 17.0. The van der Waals surface area contributed by atoms with Crippen molar-refractivity contribution in [3.05, 3.63) is 30.1 Å². The topological polar surface area (TPSA) is 71.5 Å². The maximum Gasteiger partial charge on any atom is 0.225 e. The number of ether oxygens (including phenoxy) is 1. The van der Waals surface area contributed by atoms with Crippen LogP contribution in [0.5, 0.6) is 0 Å². The summed E-state index contributed by atoms with van der Waals surface area (Å²) >= 11 is 0. The standard InChI is InChI=1S/C18H25N3O3/c1-24-13-18(6-2-3-7-18)20-17(23)15-9-16(22)21(12-15)11-14-5-4-8-19-10-14/h4-5,8,10,15H,2-3,6-7,9,11-13H2,1H3,(H,20,23)/t15-/m1/s1. The number of hydrogen-bond donors (Lipinski definition) is 1. The molecular formula is C18H25N3O3.